The van der Waals surface area contributed by atoms with Crippen LogP contribution in [0.15, 0.2) is 71.6 Å². The molecule has 0 radical (unpaired) electrons. The Morgan fingerprint density at radius 2 is 1.61 bits per heavy atom. The Hall–Kier alpha value is -3.95. The lowest BCUT2D eigenvalue weighted by Gasteiger charge is -2.18. The van der Waals surface area contributed by atoms with E-state index in [0.29, 0.717) is 15.6 Å². The number of thioether (sulfide) groups is 1. The Labute approximate surface area is 230 Å². The second-order valence-corrected chi connectivity index (χ2v) is 10.7. The summed E-state index contributed by atoms with van der Waals surface area (Å²) in [7, 11) is 1.59. The highest BCUT2D eigenvalue weighted by molar-refractivity contribution is 8.26. The van der Waals surface area contributed by atoms with E-state index in [0.717, 1.165) is 39.9 Å². The van der Waals surface area contributed by atoms with Crippen molar-refractivity contribution < 1.29 is 19.1 Å². The summed E-state index contributed by atoms with van der Waals surface area (Å²) in [5.74, 6) is -0.321. The number of para-hydroxylation sites is 2. The number of fused-ring (bicyclic) bond motifs is 1. The maximum atomic E-state index is 13.7. The Balaban J connectivity index is 1.42. The number of carbonyl (C=O) groups excluding carboxylic acids is 3. The van der Waals surface area contributed by atoms with Crippen LogP contribution in [0.25, 0.3) is 5.57 Å². The largest absolute Gasteiger partial charge is 0.497 e. The van der Waals surface area contributed by atoms with Gasteiger partial charge in [0.1, 0.15) is 16.6 Å². The van der Waals surface area contributed by atoms with Gasteiger partial charge in [0.2, 0.25) is 5.91 Å². The van der Waals surface area contributed by atoms with Gasteiger partial charge in [-0.25, -0.2) is 0 Å². The molecule has 2 aliphatic heterocycles. The first kappa shape index (κ1) is 25.7. The first-order valence-corrected chi connectivity index (χ1v) is 13.2. The molecule has 5 rings (SSSR count). The molecule has 3 amide bonds. The fourth-order valence-corrected chi connectivity index (χ4v) is 5.92. The number of nitrogens with zero attached hydrogens (tertiary/aromatic N) is 2. The van der Waals surface area contributed by atoms with Crippen molar-refractivity contribution in [1.29, 1.82) is 0 Å². The zero-order chi connectivity index (χ0) is 27.0. The smallest absolute Gasteiger partial charge is 0.267 e. The Kier molecular flexibility index (Phi) is 7.05. The van der Waals surface area contributed by atoms with Crippen LogP contribution in [0.4, 0.5) is 11.4 Å². The molecule has 1 saturated heterocycles. The molecule has 0 spiro atoms. The van der Waals surface area contributed by atoms with Crippen molar-refractivity contribution in [3.63, 3.8) is 0 Å². The third kappa shape index (κ3) is 4.70. The quantitative estimate of drug-likeness (QED) is 0.346. The second-order valence-electron chi connectivity index (χ2n) is 9.03. The lowest BCUT2D eigenvalue weighted by atomic mass is 10.1. The predicted molar refractivity (Wildman–Crippen MR) is 154 cm³/mol. The molecule has 0 bridgehead atoms. The number of nitrogens with one attached hydrogen (secondary N) is 1. The van der Waals surface area contributed by atoms with E-state index in [2.05, 4.69) is 5.32 Å². The van der Waals surface area contributed by atoms with E-state index in [4.69, 9.17) is 17.0 Å². The monoisotopic (exact) mass is 543 g/mol. The second kappa shape index (κ2) is 10.4. The molecule has 0 unspecified atom stereocenters. The van der Waals surface area contributed by atoms with Gasteiger partial charge in [-0.05, 0) is 48.7 Å². The van der Waals surface area contributed by atoms with Gasteiger partial charge in [-0.2, -0.15) is 0 Å². The third-order valence-corrected chi connectivity index (χ3v) is 7.99. The van der Waals surface area contributed by atoms with Gasteiger partial charge in [0.05, 0.1) is 29.8 Å². The topological polar surface area (TPSA) is 79.0 Å². The first-order valence-electron chi connectivity index (χ1n) is 12.0. The van der Waals surface area contributed by atoms with Crippen LogP contribution in [-0.2, 0) is 20.9 Å². The molecule has 0 aliphatic carbocycles. The summed E-state index contributed by atoms with van der Waals surface area (Å²) >= 11 is 6.65. The lowest BCUT2D eigenvalue weighted by Crippen LogP contribution is -2.36. The van der Waals surface area contributed by atoms with Crippen LogP contribution in [0.3, 0.4) is 0 Å². The normalized spacial score (nSPS) is 16.8. The standard InChI is InChI=1S/C29H25N3O4S2/c1-17-7-6-8-18(2)25(17)30-23(33)16-31-22-10-5-4-9-21(22)24(27(31)34)26-28(35)32(29(37)38-26)15-19-11-13-20(36-3)14-12-19/h4-14H,15-16H2,1-3H3,(H,30,33). The highest BCUT2D eigenvalue weighted by Gasteiger charge is 2.42. The number of carbonyl (C=O) groups is 3. The summed E-state index contributed by atoms with van der Waals surface area (Å²) in [6.07, 6.45) is 0. The van der Waals surface area contributed by atoms with Crippen LogP contribution in [-0.4, -0.2) is 40.6 Å². The molecule has 3 aromatic rings. The molecule has 192 valence electrons. The fraction of sp³-hybridized carbons (Fsp3) is 0.172. The molecule has 0 atom stereocenters. The Morgan fingerprint density at radius 1 is 0.921 bits per heavy atom. The van der Waals surface area contributed by atoms with E-state index in [1.807, 2.05) is 62.4 Å². The van der Waals surface area contributed by atoms with Crippen molar-refractivity contribution in [3.8, 4) is 5.75 Å². The molecule has 38 heavy (non-hydrogen) atoms. The summed E-state index contributed by atoms with van der Waals surface area (Å²) < 4.78 is 5.58. The molecule has 0 aromatic heterocycles. The van der Waals surface area contributed by atoms with Crippen LogP contribution in [0.2, 0.25) is 0 Å². The fourth-order valence-electron chi connectivity index (χ4n) is 4.59. The van der Waals surface area contributed by atoms with Crippen LogP contribution in [0.5, 0.6) is 5.75 Å². The minimum atomic E-state index is -0.396. The maximum Gasteiger partial charge on any atom is 0.267 e. The summed E-state index contributed by atoms with van der Waals surface area (Å²) in [5, 5.41) is 2.94. The van der Waals surface area contributed by atoms with E-state index in [1.54, 1.807) is 25.3 Å². The molecule has 0 saturated carbocycles. The van der Waals surface area contributed by atoms with Crippen molar-refractivity contribution in [2.24, 2.45) is 0 Å². The SMILES string of the molecule is COc1ccc(CN2C(=O)C(=C3C(=O)N(CC(=O)Nc4c(C)cccc4C)c4ccccc43)SC2=S)cc1. The average molecular weight is 544 g/mol. The summed E-state index contributed by atoms with van der Waals surface area (Å²) in [4.78, 5) is 43.5. The molecule has 9 heteroatoms. The van der Waals surface area contributed by atoms with Gasteiger partial charge in [-0.3, -0.25) is 24.2 Å². The van der Waals surface area contributed by atoms with Crippen molar-refractivity contribution in [2.75, 3.05) is 23.9 Å². The van der Waals surface area contributed by atoms with Crippen molar-refractivity contribution in [1.82, 2.24) is 4.90 Å². The summed E-state index contributed by atoms with van der Waals surface area (Å²) in [6, 6.07) is 20.4. The first-order chi connectivity index (χ1) is 18.3. The van der Waals surface area contributed by atoms with Crippen LogP contribution < -0.4 is 15.0 Å². The highest BCUT2D eigenvalue weighted by Crippen LogP contribution is 2.44. The number of amides is 3. The summed E-state index contributed by atoms with van der Waals surface area (Å²) in [5.41, 5.74) is 4.97. The van der Waals surface area contributed by atoms with Gasteiger partial charge in [0, 0.05) is 11.3 Å². The molecule has 3 aromatic carbocycles. The van der Waals surface area contributed by atoms with Crippen LogP contribution in [0.1, 0.15) is 22.3 Å². The zero-order valence-electron chi connectivity index (χ0n) is 21.1. The third-order valence-electron chi connectivity index (χ3n) is 6.55. The number of hydrogen-bond donors (Lipinski definition) is 1. The average Bonchev–Trinajstić information content (AvgIpc) is 3.34. The number of ether oxygens (including phenoxy) is 1. The molecule has 7 nitrogen and oxygen atoms in total. The molecular weight excluding hydrogens is 518 g/mol. The van der Waals surface area contributed by atoms with Gasteiger partial charge < -0.3 is 10.1 Å². The number of rotatable bonds is 6. The highest BCUT2D eigenvalue weighted by atomic mass is 32.2. The number of aryl methyl sites for hydroxylation is 2. The molecule has 2 aliphatic rings. The van der Waals surface area contributed by atoms with Gasteiger partial charge in [0.25, 0.3) is 11.8 Å². The number of anilines is 2. The zero-order valence-corrected chi connectivity index (χ0v) is 22.7. The van der Waals surface area contributed by atoms with E-state index < -0.39 is 5.91 Å². The number of hydrogen-bond acceptors (Lipinski definition) is 6. The molecular formula is C29H25N3O4S2. The van der Waals surface area contributed by atoms with Crippen LogP contribution >= 0.6 is 24.0 Å². The van der Waals surface area contributed by atoms with Gasteiger partial charge in [-0.15, -0.1) is 0 Å². The van der Waals surface area contributed by atoms with Gasteiger partial charge in [-0.1, -0.05) is 72.5 Å². The van der Waals surface area contributed by atoms with Crippen LogP contribution in [0, 0.1) is 13.8 Å². The van der Waals surface area contributed by atoms with Crippen molar-refractivity contribution >= 4 is 63.0 Å². The van der Waals surface area contributed by atoms with E-state index in [-0.39, 0.29) is 35.4 Å². The molecule has 1 fully saturated rings. The number of methoxy groups -OCH3 is 1. The number of benzene rings is 3. The lowest BCUT2D eigenvalue weighted by molar-refractivity contribution is -0.122. The molecule has 1 N–H and O–H groups in total. The minimum Gasteiger partial charge on any atom is -0.497 e. The van der Waals surface area contributed by atoms with Crippen molar-refractivity contribution in [3.05, 3.63) is 93.9 Å². The van der Waals surface area contributed by atoms with Gasteiger partial charge >= 0.3 is 0 Å². The Morgan fingerprint density at radius 3 is 2.29 bits per heavy atom. The van der Waals surface area contributed by atoms with E-state index >= 15 is 0 Å². The minimum absolute atomic E-state index is 0.181. The van der Waals surface area contributed by atoms with E-state index in [1.165, 1.54) is 9.80 Å². The predicted octanol–water partition coefficient (Wildman–Crippen LogP) is 5.07. The number of thiocarbonyl (C=S) groups is 1. The Bertz CT molecular complexity index is 1490. The van der Waals surface area contributed by atoms with Gasteiger partial charge in [0.15, 0.2) is 0 Å². The summed E-state index contributed by atoms with van der Waals surface area (Å²) in [6.45, 7) is 3.94. The van der Waals surface area contributed by atoms with E-state index in [9.17, 15) is 14.4 Å². The van der Waals surface area contributed by atoms with Crippen molar-refractivity contribution in [2.45, 2.75) is 20.4 Å². The maximum absolute atomic E-state index is 13.7. The molecule has 2 heterocycles.